The normalized spacial score (nSPS) is 18.4. The summed E-state index contributed by atoms with van der Waals surface area (Å²) in [5.74, 6) is -1.47. The van der Waals surface area contributed by atoms with Crippen LogP contribution in [0, 0.1) is 6.92 Å². The number of aliphatic hydroxyl groups is 1. The Hall–Kier alpha value is -3.45. The second-order valence-corrected chi connectivity index (χ2v) is 10.1. The number of likely N-dealkylation sites (tertiary alicyclic amines) is 1. The lowest BCUT2D eigenvalue weighted by atomic mass is 9.85. The fraction of sp³-hybridized carbons (Fsp3) is 0.370. The van der Waals surface area contributed by atoms with Crippen molar-refractivity contribution in [3.63, 3.8) is 0 Å². The van der Waals surface area contributed by atoms with Crippen LogP contribution >= 0.6 is 0 Å². The van der Waals surface area contributed by atoms with E-state index in [4.69, 9.17) is 0 Å². The number of pyridine rings is 1. The van der Waals surface area contributed by atoms with Gasteiger partial charge in [0.25, 0.3) is 11.7 Å². The van der Waals surface area contributed by atoms with Gasteiger partial charge in [0.05, 0.1) is 17.3 Å². The van der Waals surface area contributed by atoms with Gasteiger partial charge in [0.15, 0.2) is 5.76 Å². The number of hydrogen-bond donors (Lipinski definition) is 1. The van der Waals surface area contributed by atoms with Crippen molar-refractivity contribution in [3.05, 3.63) is 76.7 Å². The number of Topliss-reactive ketones (excluding diaryl/α,β-unsaturated/α-hetero) is 1. The summed E-state index contributed by atoms with van der Waals surface area (Å²) >= 11 is 0. The van der Waals surface area contributed by atoms with Crippen LogP contribution in [0.25, 0.3) is 11.4 Å². The number of aryl methyl sites for hydroxylation is 1. The first-order valence-electron chi connectivity index (χ1n) is 11.5. The van der Waals surface area contributed by atoms with Crippen LogP contribution in [0.4, 0.5) is 0 Å². The van der Waals surface area contributed by atoms with Gasteiger partial charge in [0, 0.05) is 19.3 Å². The smallest absolute Gasteiger partial charge is 0.295 e. The van der Waals surface area contributed by atoms with E-state index in [0.29, 0.717) is 30.1 Å². The molecular formula is C27H32N4O3. The van der Waals surface area contributed by atoms with Crippen LogP contribution in [0.1, 0.15) is 49.3 Å². The summed E-state index contributed by atoms with van der Waals surface area (Å²) in [5.41, 5.74) is 3.69. The number of hydrogen-bond acceptors (Lipinski definition) is 5. The van der Waals surface area contributed by atoms with Crippen LogP contribution in [0.3, 0.4) is 0 Å². The molecule has 0 aliphatic carbocycles. The van der Waals surface area contributed by atoms with Gasteiger partial charge in [-0.25, -0.2) is 4.98 Å². The molecule has 7 heteroatoms. The van der Waals surface area contributed by atoms with Gasteiger partial charge in [-0.15, -0.1) is 0 Å². The molecule has 0 radical (unpaired) electrons. The van der Waals surface area contributed by atoms with E-state index in [0.717, 1.165) is 11.1 Å². The Kier molecular flexibility index (Phi) is 6.08. The molecule has 178 valence electrons. The third kappa shape index (κ3) is 4.12. The molecule has 3 heterocycles. The molecule has 1 N–H and O–H groups in total. The molecule has 3 aromatic rings. The molecule has 1 amide bonds. The number of nitrogens with zero attached hydrogens (tertiary/aromatic N) is 4. The zero-order valence-electron chi connectivity index (χ0n) is 20.7. The van der Waals surface area contributed by atoms with E-state index >= 15 is 0 Å². The summed E-state index contributed by atoms with van der Waals surface area (Å²) in [6.07, 6.45) is 1.79. The van der Waals surface area contributed by atoms with Gasteiger partial charge in [-0.2, -0.15) is 0 Å². The summed E-state index contributed by atoms with van der Waals surface area (Å²) in [5, 5.41) is 11.5. The van der Waals surface area contributed by atoms with Gasteiger partial charge < -0.3 is 14.9 Å². The van der Waals surface area contributed by atoms with E-state index in [1.54, 1.807) is 22.4 Å². The number of carbonyl (C=O) groups excluding carboxylic acids is 2. The van der Waals surface area contributed by atoms with Crippen molar-refractivity contribution in [2.24, 2.45) is 0 Å². The fourth-order valence-corrected chi connectivity index (χ4v) is 4.46. The van der Waals surface area contributed by atoms with Gasteiger partial charge in [-0.3, -0.25) is 14.0 Å². The minimum atomic E-state index is -0.678. The summed E-state index contributed by atoms with van der Waals surface area (Å²) in [4.78, 5) is 34.5. The van der Waals surface area contributed by atoms with Gasteiger partial charge in [-0.05, 0) is 49.7 Å². The van der Waals surface area contributed by atoms with Gasteiger partial charge in [0.2, 0.25) is 0 Å². The molecule has 1 saturated heterocycles. The van der Waals surface area contributed by atoms with Crippen LogP contribution in [-0.4, -0.2) is 63.2 Å². The van der Waals surface area contributed by atoms with E-state index in [9.17, 15) is 14.7 Å². The third-order valence-electron chi connectivity index (χ3n) is 6.35. The number of carbonyl (C=O) groups is 2. The summed E-state index contributed by atoms with van der Waals surface area (Å²) in [7, 11) is 3.84. The topological polar surface area (TPSA) is 78.1 Å². The SMILES string of the molecule is Cc1nc2ccccn2c1/C(O)=C1\C(=O)C(=O)N(CCN(C)C)C1c1ccc(C(C)(C)C)cc1. The Morgan fingerprint density at radius 1 is 1.09 bits per heavy atom. The maximum Gasteiger partial charge on any atom is 0.295 e. The predicted octanol–water partition coefficient (Wildman–Crippen LogP) is 3.92. The van der Waals surface area contributed by atoms with Crippen molar-refractivity contribution in [1.82, 2.24) is 19.2 Å². The third-order valence-corrected chi connectivity index (χ3v) is 6.35. The highest BCUT2D eigenvalue weighted by molar-refractivity contribution is 6.46. The molecular weight excluding hydrogens is 428 g/mol. The van der Waals surface area contributed by atoms with E-state index in [-0.39, 0.29) is 16.7 Å². The van der Waals surface area contributed by atoms with Crippen LogP contribution in [-0.2, 0) is 15.0 Å². The Labute approximate surface area is 200 Å². The number of rotatable bonds is 5. The number of aliphatic hydroxyl groups excluding tert-OH is 1. The maximum atomic E-state index is 13.3. The van der Waals surface area contributed by atoms with E-state index in [1.807, 2.05) is 61.5 Å². The number of benzene rings is 1. The zero-order valence-corrected chi connectivity index (χ0v) is 20.7. The molecule has 1 unspecified atom stereocenters. The van der Waals surface area contributed by atoms with Crippen molar-refractivity contribution in [2.45, 2.75) is 39.2 Å². The molecule has 2 aromatic heterocycles. The average Bonchev–Trinajstić information content (AvgIpc) is 3.24. The Balaban J connectivity index is 1.90. The molecule has 1 atom stereocenters. The van der Waals surface area contributed by atoms with Crippen molar-refractivity contribution >= 4 is 23.1 Å². The standard InChI is InChI=1S/C27H32N4O3/c1-17-22(30-14-8-7-9-20(30)28-17)24(32)21-23(18-10-12-19(13-11-18)27(2,3)4)31(16-15-29(5)6)26(34)25(21)33/h7-14,23,32H,15-16H2,1-6H3/b24-21+. The highest BCUT2D eigenvalue weighted by Gasteiger charge is 2.46. The molecule has 0 saturated carbocycles. The number of likely N-dealkylation sites (N-methyl/N-ethyl adjacent to an activating group) is 1. The lowest BCUT2D eigenvalue weighted by Crippen LogP contribution is -2.35. The van der Waals surface area contributed by atoms with Gasteiger partial charge >= 0.3 is 0 Å². The lowest BCUT2D eigenvalue weighted by Gasteiger charge is -2.27. The fourth-order valence-electron chi connectivity index (χ4n) is 4.46. The highest BCUT2D eigenvalue weighted by Crippen LogP contribution is 2.40. The molecule has 1 aromatic carbocycles. The van der Waals surface area contributed by atoms with Crippen molar-refractivity contribution in [1.29, 1.82) is 0 Å². The summed E-state index contributed by atoms with van der Waals surface area (Å²) in [6.45, 7) is 9.16. The van der Waals surface area contributed by atoms with Crippen LogP contribution in [0.2, 0.25) is 0 Å². The molecule has 0 bridgehead atoms. The van der Waals surface area contributed by atoms with E-state index in [1.165, 1.54) is 0 Å². The minimum Gasteiger partial charge on any atom is -0.505 e. The molecule has 4 rings (SSSR count). The highest BCUT2D eigenvalue weighted by atomic mass is 16.3. The van der Waals surface area contributed by atoms with E-state index < -0.39 is 17.7 Å². The van der Waals surface area contributed by atoms with Crippen molar-refractivity contribution in [3.8, 4) is 0 Å². The monoisotopic (exact) mass is 460 g/mol. The number of imidazole rings is 1. The van der Waals surface area contributed by atoms with Gasteiger partial charge in [-0.1, -0.05) is 51.1 Å². The zero-order chi connectivity index (χ0) is 24.8. The summed E-state index contributed by atoms with van der Waals surface area (Å²) in [6, 6.07) is 12.8. The van der Waals surface area contributed by atoms with E-state index in [2.05, 4.69) is 25.8 Å². The van der Waals surface area contributed by atoms with Crippen LogP contribution < -0.4 is 0 Å². The number of amides is 1. The van der Waals surface area contributed by atoms with Crippen molar-refractivity contribution in [2.75, 3.05) is 27.2 Å². The first kappa shape index (κ1) is 23.7. The Morgan fingerprint density at radius 2 is 1.76 bits per heavy atom. The number of aromatic nitrogens is 2. The molecule has 1 aliphatic heterocycles. The quantitative estimate of drug-likeness (QED) is 0.355. The molecule has 0 spiro atoms. The van der Waals surface area contributed by atoms with Crippen LogP contribution in [0.15, 0.2) is 54.2 Å². The Bertz CT molecular complexity index is 1280. The predicted molar refractivity (Wildman–Crippen MR) is 133 cm³/mol. The molecule has 1 fully saturated rings. The lowest BCUT2D eigenvalue weighted by molar-refractivity contribution is -0.140. The Morgan fingerprint density at radius 3 is 2.38 bits per heavy atom. The molecule has 7 nitrogen and oxygen atoms in total. The summed E-state index contributed by atoms with van der Waals surface area (Å²) < 4.78 is 1.75. The first-order valence-corrected chi connectivity index (χ1v) is 11.5. The van der Waals surface area contributed by atoms with Crippen molar-refractivity contribution < 1.29 is 14.7 Å². The number of fused-ring (bicyclic) bond motifs is 1. The maximum absolute atomic E-state index is 13.3. The largest absolute Gasteiger partial charge is 0.505 e. The van der Waals surface area contributed by atoms with Crippen LogP contribution in [0.5, 0.6) is 0 Å². The first-order chi connectivity index (χ1) is 16.0. The molecule has 34 heavy (non-hydrogen) atoms. The second kappa shape index (κ2) is 8.72. The average molecular weight is 461 g/mol. The number of ketones is 1. The second-order valence-electron chi connectivity index (χ2n) is 10.1. The minimum absolute atomic E-state index is 0.0289. The van der Waals surface area contributed by atoms with Gasteiger partial charge in [0.1, 0.15) is 11.3 Å². The molecule has 1 aliphatic rings.